The van der Waals surface area contributed by atoms with E-state index in [0.717, 1.165) is 6.42 Å². The van der Waals surface area contributed by atoms with Gasteiger partial charge in [0, 0.05) is 31.1 Å². The number of ether oxygens (including phenoxy) is 1. The molecular weight excluding hydrogens is 405 g/mol. The first-order chi connectivity index (χ1) is 13.7. The van der Waals surface area contributed by atoms with Gasteiger partial charge in [0.25, 0.3) is 0 Å². The molecule has 8 heteroatoms. The van der Waals surface area contributed by atoms with Crippen LogP contribution in [0.3, 0.4) is 0 Å². The zero-order valence-electron chi connectivity index (χ0n) is 17.8. The second-order valence-electron chi connectivity index (χ2n) is 7.78. The first kappa shape index (κ1) is 27.1. The van der Waals surface area contributed by atoms with Crippen molar-refractivity contribution in [3.63, 3.8) is 0 Å². The fraction of sp³-hybridized carbons (Fsp3) is 0.682. The number of halogens is 2. The number of hydrogen-bond donors (Lipinski definition) is 2. The molecule has 2 aliphatic rings. The standard InChI is InChI=1S/C22H30F2O5.Na/c1-3-4-5-8-14(2)16(25)12-11-15-17(26)13-18-21(15)22(23,24)19(29-18)9-6-7-10-20(27)28;/h9,11-12,14-18,21,25-26H,3,6-8,10,13H2,1-2H3,(H,27,28);/q;+1/p-1/b12-11+,19-9-;/t14-,15-,16+,17+,18+,21+;/m0./s1. The first-order valence-corrected chi connectivity index (χ1v) is 10.1. The number of carbonyl (C=O) groups excluding carboxylic acids is 1. The Morgan fingerprint density at radius 2 is 2.13 bits per heavy atom. The van der Waals surface area contributed by atoms with Crippen LogP contribution >= 0.6 is 0 Å². The second-order valence-corrected chi connectivity index (χ2v) is 7.78. The van der Waals surface area contributed by atoms with Gasteiger partial charge in [-0.1, -0.05) is 26.0 Å². The van der Waals surface area contributed by atoms with E-state index in [1.54, 1.807) is 0 Å². The summed E-state index contributed by atoms with van der Waals surface area (Å²) in [5.74, 6) is -1.27. The zero-order chi connectivity index (χ0) is 21.6. The minimum absolute atomic E-state index is 0. The number of carbonyl (C=O) groups is 1. The molecule has 2 N–H and O–H groups in total. The normalized spacial score (nSPS) is 30.1. The third-order valence-electron chi connectivity index (χ3n) is 5.51. The van der Waals surface area contributed by atoms with Gasteiger partial charge in [0.05, 0.1) is 18.1 Å². The predicted molar refractivity (Wildman–Crippen MR) is 101 cm³/mol. The van der Waals surface area contributed by atoms with Gasteiger partial charge < -0.3 is 24.9 Å². The van der Waals surface area contributed by atoms with E-state index in [-0.39, 0.29) is 61.2 Å². The van der Waals surface area contributed by atoms with Gasteiger partial charge in [0.1, 0.15) is 6.10 Å². The van der Waals surface area contributed by atoms with Crippen molar-refractivity contribution < 1.29 is 63.2 Å². The molecule has 1 aliphatic heterocycles. The van der Waals surface area contributed by atoms with Gasteiger partial charge >= 0.3 is 35.5 Å². The van der Waals surface area contributed by atoms with Crippen LogP contribution in [0.5, 0.6) is 0 Å². The van der Waals surface area contributed by atoms with E-state index in [9.17, 15) is 28.9 Å². The van der Waals surface area contributed by atoms with E-state index in [0.29, 0.717) is 6.42 Å². The predicted octanol–water partition coefficient (Wildman–Crippen LogP) is -0.818. The van der Waals surface area contributed by atoms with Crippen molar-refractivity contribution in [2.24, 2.45) is 17.8 Å². The van der Waals surface area contributed by atoms with E-state index in [2.05, 4.69) is 11.8 Å². The molecule has 0 spiro atoms. The van der Waals surface area contributed by atoms with Crippen molar-refractivity contribution in [3.8, 4) is 11.8 Å². The van der Waals surface area contributed by atoms with Gasteiger partial charge in [-0.05, 0) is 31.3 Å². The molecule has 1 heterocycles. The largest absolute Gasteiger partial charge is 1.00 e. The number of aliphatic carboxylic acids is 1. The monoisotopic (exact) mass is 434 g/mol. The molecule has 5 nitrogen and oxygen atoms in total. The van der Waals surface area contributed by atoms with Gasteiger partial charge in [-0.25, -0.2) is 0 Å². The Balaban J connectivity index is 0.00000450. The van der Waals surface area contributed by atoms with Crippen molar-refractivity contribution in [2.75, 3.05) is 0 Å². The molecule has 0 unspecified atom stereocenters. The number of allylic oxidation sites excluding steroid dienone is 2. The Bertz CT molecular complexity index is 697. The van der Waals surface area contributed by atoms with Crippen LogP contribution in [0.25, 0.3) is 0 Å². The molecule has 0 aromatic carbocycles. The van der Waals surface area contributed by atoms with E-state index < -0.39 is 47.8 Å². The van der Waals surface area contributed by atoms with Gasteiger partial charge in [0.15, 0.2) is 5.76 Å². The molecule has 0 aromatic rings. The number of fused-ring (bicyclic) bond motifs is 1. The minimum Gasteiger partial charge on any atom is -0.550 e. The number of aliphatic hydroxyl groups excluding tert-OH is 2. The third kappa shape index (κ3) is 6.80. The SMILES string of the molecule is CCC#CC[C@H](C)[C@H](O)/C=C/[C@@H]1[C@@H]2[C@@H](C[C@H]1O)O/C(=C\CCCC(=O)[O-])C2(F)F.[Na+]. The molecule has 0 radical (unpaired) electrons. The molecule has 0 bridgehead atoms. The summed E-state index contributed by atoms with van der Waals surface area (Å²) in [6.07, 6.45) is 2.98. The Morgan fingerprint density at radius 1 is 1.43 bits per heavy atom. The van der Waals surface area contributed by atoms with Crippen LogP contribution in [0.2, 0.25) is 0 Å². The number of unbranched alkanes of at least 4 members (excludes halogenated alkanes) is 1. The number of carboxylic acids is 1. The fourth-order valence-electron chi connectivity index (χ4n) is 3.85. The van der Waals surface area contributed by atoms with Crippen LogP contribution < -0.4 is 34.7 Å². The quantitative estimate of drug-likeness (QED) is 0.226. The van der Waals surface area contributed by atoms with Gasteiger partial charge in [-0.2, -0.15) is 8.78 Å². The van der Waals surface area contributed by atoms with E-state index in [1.165, 1.54) is 18.2 Å². The van der Waals surface area contributed by atoms with Crippen LogP contribution in [0.15, 0.2) is 24.0 Å². The van der Waals surface area contributed by atoms with Gasteiger partial charge in [-0.15, -0.1) is 11.8 Å². The van der Waals surface area contributed by atoms with E-state index in [1.807, 2.05) is 13.8 Å². The molecule has 1 aliphatic carbocycles. The topological polar surface area (TPSA) is 89.8 Å². The summed E-state index contributed by atoms with van der Waals surface area (Å²) >= 11 is 0. The zero-order valence-corrected chi connectivity index (χ0v) is 19.8. The Morgan fingerprint density at radius 3 is 2.77 bits per heavy atom. The molecule has 1 saturated heterocycles. The smallest absolute Gasteiger partial charge is 0.550 e. The molecule has 2 fully saturated rings. The van der Waals surface area contributed by atoms with Crippen LogP contribution in [-0.2, 0) is 9.53 Å². The number of aliphatic hydroxyl groups is 2. The van der Waals surface area contributed by atoms with E-state index in [4.69, 9.17) is 4.74 Å². The molecule has 30 heavy (non-hydrogen) atoms. The second kappa shape index (κ2) is 12.2. The summed E-state index contributed by atoms with van der Waals surface area (Å²) in [6, 6.07) is 0. The maximum atomic E-state index is 14.9. The fourth-order valence-corrected chi connectivity index (χ4v) is 3.85. The number of carboxylic acid groups (broad SMARTS) is 1. The van der Waals surface area contributed by atoms with Crippen molar-refractivity contribution >= 4 is 5.97 Å². The first-order valence-electron chi connectivity index (χ1n) is 10.1. The summed E-state index contributed by atoms with van der Waals surface area (Å²) in [6.45, 7) is 3.76. The minimum atomic E-state index is -3.26. The van der Waals surface area contributed by atoms with Crippen molar-refractivity contribution in [1.29, 1.82) is 0 Å². The summed E-state index contributed by atoms with van der Waals surface area (Å²) in [5.41, 5.74) is 0. The Labute approximate surface area is 198 Å². The number of hydrogen-bond acceptors (Lipinski definition) is 5. The third-order valence-corrected chi connectivity index (χ3v) is 5.51. The summed E-state index contributed by atoms with van der Waals surface area (Å²) < 4.78 is 35.2. The molecule has 1 saturated carbocycles. The Kier molecular flexibility index (Phi) is 11.0. The Hall–Kier alpha value is -0.910. The summed E-state index contributed by atoms with van der Waals surface area (Å²) in [4.78, 5) is 10.4. The summed E-state index contributed by atoms with van der Waals surface area (Å²) in [7, 11) is 0. The van der Waals surface area contributed by atoms with Crippen LogP contribution in [0, 0.1) is 29.6 Å². The maximum Gasteiger partial charge on any atom is 1.00 e. The molecule has 2 rings (SSSR count). The van der Waals surface area contributed by atoms with Gasteiger partial charge in [-0.3, -0.25) is 0 Å². The molecule has 162 valence electrons. The number of rotatable bonds is 8. The van der Waals surface area contributed by atoms with E-state index >= 15 is 0 Å². The molecule has 0 aromatic heterocycles. The van der Waals surface area contributed by atoms with Crippen molar-refractivity contribution in [3.05, 3.63) is 24.0 Å². The van der Waals surface area contributed by atoms with Crippen LogP contribution in [0.1, 0.15) is 52.4 Å². The molecule has 6 atom stereocenters. The average molecular weight is 434 g/mol. The maximum absolute atomic E-state index is 14.9. The number of alkyl halides is 2. The van der Waals surface area contributed by atoms with Gasteiger partial charge in [0.2, 0.25) is 0 Å². The average Bonchev–Trinajstić information content (AvgIpc) is 3.09. The van der Waals surface area contributed by atoms with Crippen molar-refractivity contribution in [1.82, 2.24) is 0 Å². The molecule has 0 amide bonds. The van der Waals surface area contributed by atoms with Crippen molar-refractivity contribution in [2.45, 2.75) is 76.6 Å². The summed E-state index contributed by atoms with van der Waals surface area (Å²) in [5, 5.41) is 30.9. The van der Waals surface area contributed by atoms with Crippen LogP contribution in [-0.4, -0.2) is 40.4 Å². The molecular formula is C22H29F2NaO5. The van der Waals surface area contributed by atoms with Crippen LogP contribution in [0.4, 0.5) is 8.78 Å².